The quantitative estimate of drug-likeness (QED) is 0.663. The molecule has 5 heteroatoms. The molecule has 1 N–H and O–H groups in total. The second kappa shape index (κ2) is 6.04. The first kappa shape index (κ1) is 13.8. The first-order chi connectivity index (χ1) is 8.58. The number of hydrogen-bond acceptors (Lipinski definition) is 1. The van der Waals surface area contributed by atoms with Gasteiger partial charge in [-0.1, -0.05) is 23.7 Å². The number of hydrogen-bond donors (Lipinski definition) is 1. The molecule has 0 heterocycles. The van der Waals surface area contributed by atoms with Gasteiger partial charge in [-0.2, -0.15) is 0 Å². The van der Waals surface area contributed by atoms with Gasteiger partial charge in [-0.3, -0.25) is 4.79 Å². The predicted molar refractivity (Wildman–Crippen MR) is 86.3 cm³/mol. The van der Waals surface area contributed by atoms with E-state index < -0.39 is 0 Å². The van der Waals surface area contributed by atoms with E-state index in [1.807, 2.05) is 24.3 Å². The number of para-hydroxylation sites is 1. The second-order valence-electron chi connectivity index (χ2n) is 3.56. The van der Waals surface area contributed by atoms with Gasteiger partial charge in [-0.15, -0.1) is 0 Å². The highest BCUT2D eigenvalue weighted by Crippen LogP contribution is 2.24. The Bertz CT molecular complexity index is 603. The zero-order valence-corrected chi connectivity index (χ0v) is 13.6. The number of benzene rings is 2. The first-order valence-corrected chi connectivity index (χ1v) is 7.34. The first-order valence-electron chi connectivity index (χ1n) is 5.09. The van der Waals surface area contributed by atoms with Crippen LogP contribution in [0.4, 0.5) is 5.69 Å². The van der Waals surface area contributed by atoms with Crippen molar-refractivity contribution in [3.8, 4) is 0 Å². The number of rotatable bonds is 2. The maximum absolute atomic E-state index is 12.1. The lowest BCUT2D eigenvalue weighted by Crippen LogP contribution is -2.12. The van der Waals surface area contributed by atoms with E-state index in [4.69, 9.17) is 11.6 Å². The van der Waals surface area contributed by atoms with E-state index in [0.717, 1.165) is 9.26 Å². The summed E-state index contributed by atoms with van der Waals surface area (Å²) in [6, 6.07) is 12.7. The molecule has 0 aliphatic carbocycles. The van der Waals surface area contributed by atoms with Crippen molar-refractivity contribution in [3.05, 3.63) is 61.1 Å². The van der Waals surface area contributed by atoms with Crippen LogP contribution in [0.1, 0.15) is 10.4 Å². The van der Waals surface area contributed by atoms with Crippen LogP contribution in [0.15, 0.2) is 46.9 Å². The Morgan fingerprint density at radius 3 is 2.61 bits per heavy atom. The predicted octanol–water partition coefficient (Wildman–Crippen LogP) is 4.96. The van der Waals surface area contributed by atoms with Crippen LogP contribution in [0.2, 0.25) is 5.02 Å². The molecule has 0 aliphatic heterocycles. The van der Waals surface area contributed by atoms with Crippen LogP contribution < -0.4 is 5.32 Å². The molecule has 0 unspecified atom stereocenters. The fraction of sp³-hybridized carbons (Fsp3) is 0. The molecule has 0 fully saturated rings. The molecule has 2 aromatic carbocycles. The summed E-state index contributed by atoms with van der Waals surface area (Å²) < 4.78 is 1.70. The van der Waals surface area contributed by atoms with E-state index in [9.17, 15) is 4.79 Å². The highest BCUT2D eigenvalue weighted by Gasteiger charge is 2.09. The minimum absolute atomic E-state index is 0.156. The zero-order chi connectivity index (χ0) is 13.1. The van der Waals surface area contributed by atoms with Crippen molar-refractivity contribution >= 4 is 61.7 Å². The van der Waals surface area contributed by atoms with E-state index in [1.165, 1.54) is 0 Å². The van der Waals surface area contributed by atoms with Crippen LogP contribution in [-0.2, 0) is 0 Å². The summed E-state index contributed by atoms with van der Waals surface area (Å²) in [4.78, 5) is 12.1. The molecule has 0 spiro atoms. The molecular weight excluding hydrogens is 428 g/mol. The molecule has 92 valence electrons. The van der Waals surface area contributed by atoms with Crippen molar-refractivity contribution in [1.82, 2.24) is 0 Å². The maximum atomic E-state index is 12.1. The largest absolute Gasteiger partial charge is 0.321 e. The molecule has 0 aromatic heterocycles. The highest BCUT2D eigenvalue weighted by atomic mass is 127. The van der Waals surface area contributed by atoms with E-state index in [0.29, 0.717) is 15.1 Å². The Labute approximate surface area is 132 Å². The van der Waals surface area contributed by atoms with E-state index >= 15 is 0 Å². The van der Waals surface area contributed by atoms with Crippen molar-refractivity contribution in [3.63, 3.8) is 0 Å². The molecule has 0 saturated carbocycles. The third kappa shape index (κ3) is 3.24. The van der Waals surface area contributed by atoms with Gasteiger partial charge in [0.25, 0.3) is 5.91 Å². The number of carbonyl (C=O) groups excluding carboxylic acids is 1. The summed E-state index contributed by atoms with van der Waals surface area (Å²) in [6.07, 6.45) is 0. The SMILES string of the molecule is O=C(Nc1ccccc1I)c1ccc(Cl)c(Br)c1. The summed E-state index contributed by atoms with van der Waals surface area (Å²) in [5.74, 6) is -0.156. The third-order valence-corrected chi connectivity index (χ3v) is 4.46. The van der Waals surface area contributed by atoms with Gasteiger partial charge in [0.1, 0.15) is 0 Å². The van der Waals surface area contributed by atoms with Gasteiger partial charge >= 0.3 is 0 Å². The second-order valence-corrected chi connectivity index (χ2v) is 5.99. The fourth-order valence-corrected chi connectivity index (χ4v) is 2.41. The average Bonchev–Trinajstić information content (AvgIpc) is 2.35. The minimum atomic E-state index is -0.156. The molecule has 0 radical (unpaired) electrons. The Morgan fingerprint density at radius 1 is 1.22 bits per heavy atom. The summed E-state index contributed by atoms with van der Waals surface area (Å²) in [5.41, 5.74) is 1.36. The van der Waals surface area contributed by atoms with Crippen molar-refractivity contribution in [2.24, 2.45) is 0 Å². The summed E-state index contributed by atoms with van der Waals surface area (Å²) in [6.45, 7) is 0. The summed E-state index contributed by atoms with van der Waals surface area (Å²) >= 11 is 11.4. The van der Waals surface area contributed by atoms with Gasteiger partial charge in [-0.05, 0) is 68.9 Å². The van der Waals surface area contributed by atoms with Crippen molar-refractivity contribution in [1.29, 1.82) is 0 Å². The van der Waals surface area contributed by atoms with Crippen LogP contribution >= 0.6 is 50.1 Å². The Balaban J connectivity index is 2.22. The van der Waals surface area contributed by atoms with Gasteiger partial charge in [0.15, 0.2) is 0 Å². The van der Waals surface area contributed by atoms with Crippen LogP contribution in [0, 0.1) is 3.57 Å². The van der Waals surface area contributed by atoms with Gasteiger partial charge in [0, 0.05) is 13.6 Å². The van der Waals surface area contributed by atoms with Gasteiger partial charge in [0.2, 0.25) is 0 Å². The highest BCUT2D eigenvalue weighted by molar-refractivity contribution is 14.1. The molecule has 1 amide bonds. The maximum Gasteiger partial charge on any atom is 0.255 e. The molecule has 0 saturated heterocycles. The van der Waals surface area contributed by atoms with Crippen molar-refractivity contribution in [2.75, 3.05) is 5.32 Å². The monoisotopic (exact) mass is 435 g/mol. The number of anilines is 1. The van der Waals surface area contributed by atoms with Gasteiger partial charge in [-0.25, -0.2) is 0 Å². The summed E-state index contributed by atoms with van der Waals surface area (Å²) in [5, 5.41) is 3.45. The van der Waals surface area contributed by atoms with Crippen molar-refractivity contribution in [2.45, 2.75) is 0 Å². The molecule has 0 bridgehead atoms. The summed E-state index contributed by atoms with van der Waals surface area (Å²) in [7, 11) is 0. The van der Waals surface area contributed by atoms with Crippen LogP contribution in [0.25, 0.3) is 0 Å². The van der Waals surface area contributed by atoms with Crippen LogP contribution in [-0.4, -0.2) is 5.91 Å². The smallest absolute Gasteiger partial charge is 0.255 e. The minimum Gasteiger partial charge on any atom is -0.321 e. The number of amides is 1. The fourth-order valence-electron chi connectivity index (χ4n) is 1.39. The van der Waals surface area contributed by atoms with Crippen molar-refractivity contribution < 1.29 is 4.79 Å². The lowest BCUT2D eigenvalue weighted by atomic mass is 10.2. The molecule has 2 aromatic rings. The number of carbonyl (C=O) groups is 1. The molecule has 0 aliphatic rings. The van der Waals surface area contributed by atoms with Crippen LogP contribution in [0.5, 0.6) is 0 Å². The zero-order valence-electron chi connectivity index (χ0n) is 9.08. The lowest BCUT2D eigenvalue weighted by molar-refractivity contribution is 0.102. The standard InChI is InChI=1S/C13H8BrClINO/c14-9-7-8(5-6-10(9)15)13(18)17-12-4-2-1-3-11(12)16/h1-7H,(H,17,18). The third-order valence-electron chi connectivity index (χ3n) is 2.30. The Hall–Kier alpha value is -0.590. The van der Waals surface area contributed by atoms with E-state index in [2.05, 4.69) is 43.8 Å². The molecule has 2 rings (SSSR count). The molecule has 2 nitrogen and oxygen atoms in total. The number of halogens is 3. The molecular formula is C13H8BrClINO. The average molecular weight is 436 g/mol. The van der Waals surface area contributed by atoms with Crippen LogP contribution in [0.3, 0.4) is 0 Å². The Kier molecular flexibility index (Phi) is 4.64. The molecule has 0 atom stereocenters. The topological polar surface area (TPSA) is 29.1 Å². The Morgan fingerprint density at radius 2 is 1.94 bits per heavy atom. The van der Waals surface area contributed by atoms with Gasteiger partial charge in [0.05, 0.1) is 10.7 Å². The lowest BCUT2D eigenvalue weighted by Gasteiger charge is -2.07. The molecule has 18 heavy (non-hydrogen) atoms. The van der Waals surface area contributed by atoms with Gasteiger partial charge < -0.3 is 5.32 Å². The van der Waals surface area contributed by atoms with E-state index in [-0.39, 0.29) is 5.91 Å². The van der Waals surface area contributed by atoms with E-state index in [1.54, 1.807) is 18.2 Å². The normalized spacial score (nSPS) is 10.2. The number of nitrogens with one attached hydrogen (secondary N) is 1.